The van der Waals surface area contributed by atoms with E-state index in [2.05, 4.69) is 5.32 Å². The summed E-state index contributed by atoms with van der Waals surface area (Å²) < 4.78 is 23.2. The summed E-state index contributed by atoms with van der Waals surface area (Å²) >= 11 is 5.97. The molecule has 0 saturated carbocycles. The molecule has 0 heterocycles. The second-order valence-electron chi connectivity index (χ2n) is 5.13. The van der Waals surface area contributed by atoms with Crippen molar-refractivity contribution in [2.24, 2.45) is 0 Å². The van der Waals surface area contributed by atoms with Gasteiger partial charge >= 0.3 is 0 Å². The van der Waals surface area contributed by atoms with Gasteiger partial charge in [-0.2, -0.15) is 0 Å². The Bertz CT molecular complexity index is 941. The zero-order chi connectivity index (χ0) is 18.1. The Morgan fingerprint density at radius 2 is 1.88 bits per heavy atom. The molecule has 9 heteroatoms. The first-order valence-electron chi connectivity index (χ1n) is 6.65. The minimum Gasteiger partial charge on any atom is -0.322 e. The van der Waals surface area contributed by atoms with Crippen LogP contribution in [0.15, 0.2) is 41.3 Å². The van der Waals surface area contributed by atoms with Gasteiger partial charge < -0.3 is 5.32 Å². The minimum absolute atomic E-state index is 0.0363. The van der Waals surface area contributed by atoms with Gasteiger partial charge in [-0.05, 0) is 36.8 Å². The van der Waals surface area contributed by atoms with Crippen LogP contribution in [-0.4, -0.2) is 25.5 Å². The van der Waals surface area contributed by atoms with Crippen LogP contribution >= 0.6 is 11.6 Å². The Morgan fingerprint density at radius 3 is 2.42 bits per heavy atom. The number of sulfone groups is 1. The molecule has 24 heavy (non-hydrogen) atoms. The third-order valence-corrected chi connectivity index (χ3v) is 4.80. The number of benzene rings is 2. The van der Waals surface area contributed by atoms with E-state index >= 15 is 0 Å². The molecule has 0 atom stereocenters. The number of nitrogens with one attached hydrogen (secondary N) is 1. The van der Waals surface area contributed by atoms with Gasteiger partial charge in [-0.1, -0.05) is 17.7 Å². The molecule has 0 spiro atoms. The van der Waals surface area contributed by atoms with Crippen molar-refractivity contribution in [3.63, 3.8) is 0 Å². The molecule has 0 aliphatic carbocycles. The van der Waals surface area contributed by atoms with Crippen LogP contribution in [0, 0.1) is 17.0 Å². The lowest BCUT2D eigenvalue weighted by Crippen LogP contribution is -2.13. The Hall–Kier alpha value is -2.45. The van der Waals surface area contributed by atoms with Gasteiger partial charge in [-0.3, -0.25) is 14.9 Å². The Kier molecular flexibility index (Phi) is 4.91. The van der Waals surface area contributed by atoms with Crippen molar-refractivity contribution in [3.8, 4) is 0 Å². The van der Waals surface area contributed by atoms with E-state index in [1.54, 1.807) is 25.1 Å². The molecule has 2 aromatic carbocycles. The summed E-state index contributed by atoms with van der Waals surface area (Å²) in [4.78, 5) is 22.0. The van der Waals surface area contributed by atoms with Gasteiger partial charge in [0.15, 0.2) is 9.84 Å². The van der Waals surface area contributed by atoms with E-state index in [1.165, 1.54) is 6.07 Å². The molecule has 0 bridgehead atoms. The van der Waals surface area contributed by atoms with Crippen LogP contribution in [0.25, 0.3) is 0 Å². The van der Waals surface area contributed by atoms with E-state index in [9.17, 15) is 23.3 Å². The molecule has 1 amide bonds. The first kappa shape index (κ1) is 17.9. The molecule has 0 saturated heterocycles. The summed E-state index contributed by atoms with van der Waals surface area (Å²) in [5.74, 6) is -0.613. The predicted octanol–water partition coefficient (Wildman–Crippen LogP) is 3.21. The maximum Gasteiger partial charge on any atom is 0.288 e. The number of anilines is 1. The number of aryl methyl sites for hydroxylation is 1. The number of amides is 1. The highest BCUT2D eigenvalue weighted by Crippen LogP contribution is 2.26. The van der Waals surface area contributed by atoms with Gasteiger partial charge in [-0.25, -0.2) is 8.42 Å². The van der Waals surface area contributed by atoms with Crippen molar-refractivity contribution < 1.29 is 18.1 Å². The third-order valence-electron chi connectivity index (χ3n) is 3.25. The lowest BCUT2D eigenvalue weighted by atomic mass is 10.1. The van der Waals surface area contributed by atoms with E-state index in [0.29, 0.717) is 10.7 Å². The van der Waals surface area contributed by atoms with Crippen molar-refractivity contribution in [2.75, 3.05) is 11.6 Å². The van der Waals surface area contributed by atoms with Crippen LogP contribution in [0.1, 0.15) is 15.9 Å². The van der Waals surface area contributed by atoms with E-state index in [0.717, 1.165) is 24.0 Å². The molecular formula is C15H13ClN2O5S. The first-order valence-corrected chi connectivity index (χ1v) is 8.92. The monoisotopic (exact) mass is 368 g/mol. The minimum atomic E-state index is -3.78. The molecular weight excluding hydrogens is 356 g/mol. The second kappa shape index (κ2) is 6.58. The first-order chi connectivity index (χ1) is 11.1. The molecule has 2 aromatic rings. The summed E-state index contributed by atoms with van der Waals surface area (Å²) in [5.41, 5.74) is 0.575. The molecule has 0 aromatic heterocycles. The van der Waals surface area contributed by atoms with Crippen molar-refractivity contribution in [1.29, 1.82) is 0 Å². The third kappa shape index (κ3) is 3.90. The summed E-state index contributed by atoms with van der Waals surface area (Å²) in [5, 5.41) is 14.1. The number of carbonyl (C=O) groups is 1. The van der Waals surface area contributed by atoms with Crippen LogP contribution in [0.4, 0.5) is 11.4 Å². The van der Waals surface area contributed by atoms with Crippen molar-refractivity contribution >= 4 is 38.7 Å². The fourth-order valence-corrected chi connectivity index (χ4v) is 3.00. The number of rotatable bonds is 4. The molecule has 2 rings (SSSR count). The molecule has 0 unspecified atom stereocenters. The van der Waals surface area contributed by atoms with Crippen molar-refractivity contribution in [3.05, 3.63) is 62.7 Å². The zero-order valence-electron chi connectivity index (χ0n) is 12.7. The normalized spacial score (nSPS) is 11.1. The predicted molar refractivity (Wildman–Crippen MR) is 90.3 cm³/mol. The summed E-state index contributed by atoms with van der Waals surface area (Å²) in [6.07, 6.45) is 0.864. The number of nitrogens with zero attached hydrogens (tertiary/aromatic N) is 1. The van der Waals surface area contributed by atoms with Gasteiger partial charge in [0.2, 0.25) is 0 Å². The quantitative estimate of drug-likeness (QED) is 0.658. The molecule has 0 aliphatic rings. The number of halogens is 1. The number of nitro benzene ring substituents is 1. The van der Waals surface area contributed by atoms with Gasteiger partial charge in [0, 0.05) is 28.6 Å². The van der Waals surface area contributed by atoms with E-state index in [4.69, 9.17) is 11.6 Å². The van der Waals surface area contributed by atoms with Crippen molar-refractivity contribution in [2.45, 2.75) is 11.8 Å². The maximum absolute atomic E-state index is 12.2. The van der Waals surface area contributed by atoms with E-state index in [1.807, 2.05) is 0 Å². The maximum atomic E-state index is 12.2. The number of nitro groups is 1. The molecule has 126 valence electrons. The molecule has 1 N–H and O–H groups in total. The van der Waals surface area contributed by atoms with Crippen LogP contribution in [0.5, 0.6) is 0 Å². The van der Waals surface area contributed by atoms with Gasteiger partial charge in [0.05, 0.1) is 4.92 Å². The summed E-state index contributed by atoms with van der Waals surface area (Å²) in [7, 11) is -3.78. The summed E-state index contributed by atoms with van der Waals surface area (Å²) in [6.45, 7) is 1.81. The topological polar surface area (TPSA) is 106 Å². The van der Waals surface area contributed by atoms with Gasteiger partial charge in [0.1, 0.15) is 4.90 Å². The lowest BCUT2D eigenvalue weighted by Gasteiger charge is -2.08. The molecule has 0 fully saturated rings. The molecule has 0 aliphatic heterocycles. The smallest absolute Gasteiger partial charge is 0.288 e. The Morgan fingerprint density at radius 1 is 1.21 bits per heavy atom. The molecule has 0 radical (unpaired) electrons. The largest absolute Gasteiger partial charge is 0.322 e. The average molecular weight is 369 g/mol. The number of hydrogen-bond acceptors (Lipinski definition) is 5. The van der Waals surface area contributed by atoms with Gasteiger partial charge in [0.25, 0.3) is 11.6 Å². The Labute approximate surface area is 143 Å². The van der Waals surface area contributed by atoms with E-state index < -0.39 is 31.3 Å². The second-order valence-corrected chi connectivity index (χ2v) is 7.52. The van der Waals surface area contributed by atoms with Gasteiger partial charge in [-0.15, -0.1) is 0 Å². The number of hydrogen-bond donors (Lipinski definition) is 1. The fourth-order valence-electron chi connectivity index (χ4n) is 1.99. The molecule has 7 nitrogen and oxygen atoms in total. The SMILES string of the molecule is Cc1ccc(NC(=O)c2ccc(S(C)(=O)=O)c([N+](=O)[O-])c2)cc1Cl. The summed E-state index contributed by atoms with van der Waals surface area (Å²) in [6, 6.07) is 8.10. The average Bonchev–Trinajstić information content (AvgIpc) is 2.49. The lowest BCUT2D eigenvalue weighted by molar-refractivity contribution is -0.387. The van der Waals surface area contributed by atoms with Crippen molar-refractivity contribution in [1.82, 2.24) is 0 Å². The van der Waals surface area contributed by atoms with Crippen LogP contribution in [-0.2, 0) is 9.84 Å². The van der Waals surface area contributed by atoms with Crippen LogP contribution in [0.3, 0.4) is 0 Å². The van der Waals surface area contributed by atoms with Crippen LogP contribution in [0.2, 0.25) is 5.02 Å². The van der Waals surface area contributed by atoms with Crippen LogP contribution < -0.4 is 5.32 Å². The highest BCUT2D eigenvalue weighted by molar-refractivity contribution is 7.90. The fraction of sp³-hybridized carbons (Fsp3) is 0.133. The van der Waals surface area contributed by atoms with E-state index in [-0.39, 0.29) is 5.56 Å². The highest BCUT2D eigenvalue weighted by Gasteiger charge is 2.24. The highest BCUT2D eigenvalue weighted by atomic mass is 35.5. The Balaban J connectivity index is 2.38. The standard InChI is InChI=1S/C15H13ClN2O5S/c1-9-3-5-11(8-12(9)16)17-15(19)10-4-6-14(24(2,22)23)13(7-10)18(20)21/h3-8H,1-2H3,(H,17,19). The zero-order valence-corrected chi connectivity index (χ0v) is 14.3. The number of carbonyl (C=O) groups excluding carboxylic acids is 1.